The van der Waals surface area contributed by atoms with Crippen LogP contribution >= 0.6 is 0 Å². The number of nitrogens with zero attached hydrogens (tertiary/aromatic N) is 2. The third-order valence-corrected chi connectivity index (χ3v) is 7.18. The van der Waals surface area contributed by atoms with Crippen LogP contribution in [0.25, 0.3) is 11.3 Å². The van der Waals surface area contributed by atoms with Crippen molar-refractivity contribution in [1.82, 2.24) is 9.97 Å². The molecule has 2 N–H and O–H groups in total. The van der Waals surface area contributed by atoms with Crippen molar-refractivity contribution in [3.63, 3.8) is 0 Å². The molecule has 5 rings (SSSR count). The highest BCUT2D eigenvalue weighted by Crippen LogP contribution is 2.35. The summed E-state index contributed by atoms with van der Waals surface area (Å²) in [4.78, 5) is 20.7. The van der Waals surface area contributed by atoms with Gasteiger partial charge in [-0.2, -0.15) is 18.2 Å². The summed E-state index contributed by atoms with van der Waals surface area (Å²) < 4.78 is 39.2. The number of aldehydes is 1. The van der Waals surface area contributed by atoms with Gasteiger partial charge in [0.25, 0.3) is 0 Å². The highest BCUT2D eigenvalue weighted by atomic mass is 19.4. The average molecular weight is 495 g/mol. The zero-order chi connectivity index (χ0) is 25.1. The van der Waals surface area contributed by atoms with Crippen LogP contribution in [0.5, 0.6) is 0 Å². The van der Waals surface area contributed by atoms with Gasteiger partial charge in [0.1, 0.15) is 12.1 Å². The number of nitrogens with one attached hydrogen (secondary N) is 2. The number of alkyl halides is 3. The minimum absolute atomic E-state index is 0.0243. The van der Waals surface area contributed by atoms with Crippen LogP contribution in [0.1, 0.15) is 48.8 Å². The Kier molecular flexibility index (Phi) is 6.94. The Morgan fingerprint density at radius 2 is 1.75 bits per heavy atom. The summed E-state index contributed by atoms with van der Waals surface area (Å²) >= 11 is 0. The number of hydrogen-bond acceptors (Lipinski definition) is 5. The van der Waals surface area contributed by atoms with Gasteiger partial charge < -0.3 is 15.4 Å². The van der Waals surface area contributed by atoms with Crippen LogP contribution in [0.15, 0.2) is 48.5 Å². The molecule has 3 aromatic rings. The van der Waals surface area contributed by atoms with Crippen molar-refractivity contribution in [2.24, 2.45) is 11.8 Å². The Hall–Kier alpha value is -3.42. The molecule has 1 atom stereocenters. The largest absolute Gasteiger partial charge is 0.416 e. The molecule has 0 aliphatic heterocycles. The minimum atomic E-state index is -4.39. The van der Waals surface area contributed by atoms with Crippen molar-refractivity contribution >= 4 is 23.7 Å². The Labute approximate surface area is 208 Å². The molecule has 8 heteroatoms. The van der Waals surface area contributed by atoms with E-state index in [1.807, 2.05) is 18.2 Å². The van der Waals surface area contributed by atoms with Crippen LogP contribution in [-0.4, -0.2) is 22.8 Å². The number of aromatic nitrogens is 2. The van der Waals surface area contributed by atoms with Gasteiger partial charge in [-0.1, -0.05) is 43.5 Å². The quantitative estimate of drug-likeness (QED) is 0.353. The molecule has 0 spiro atoms. The van der Waals surface area contributed by atoms with Crippen molar-refractivity contribution in [3.05, 3.63) is 65.2 Å². The first-order valence-electron chi connectivity index (χ1n) is 12.5. The summed E-state index contributed by atoms with van der Waals surface area (Å²) in [7, 11) is 0. The first kappa shape index (κ1) is 24.3. The maximum Gasteiger partial charge on any atom is 0.416 e. The second-order valence-electron chi connectivity index (χ2n) is 9.79. The lowest BCUT2D eigenvalue weighted by molar-refractivity contribution is -0.137. The normalized spacial score (nSPS) is 18.0. The van der Waals surface area contributed by atoms with Gasteiger partial charge in [0.2, 0.25) is 5.95 Å². The number of fused-ring (bicyclic) bond motifs is 1. The number of halogens is 3. The molecule has 1 aromatic heterocycles. The number of carbonyl (C=O) groups excluding carboxylic acids is 1. The van der Waals surface area contributed by atoms with Gasteiger partial charge >= 0.3 is 6.18 Å². The lowest BCUT2D eigenvalue weighted by atomic mass is 9.89. The Balaban J connectivity index is 1.44. The van der Waals surface area contributed by atoms with Gasteiger partial charge in [-0.05, 0) is 60.9 Å². The van der Waals surface area contributed by atoms with E-state index in [-0.39, 0.29) is 5.92 Å². The van der Waals surface area contributed by atoms with E-state index in [1.54, 1.807) is 6.07 Å². The predicted octanol–water partition coefficient (Wildman–Crippen LogP) is 6.81. The highest BCUT2D eigenvalue weighted by Gasteiger charge is 2.30. The van der Waals surface area contributed by atoms with Crippen molar-refractivity contribution in [1.29, 1.82) is 0 Å². The molecule has 2 aliphatic carbocycles. The van der Waals surface area contributed by atoms with Crippen molar-refractivity contribution in [2.45, 2.75) is 51.1 Å². The lowest BCUT2D eigenvalue weighted by Crippen LogP contribution is -2.18. The van der Waals surface area contributed by atoms with E-state index in [1.165, 1.54) is 44.2 Å². The van der Waals surface area contributed by atoms with Crippen LogP contribution in [-0.2, 0) is 23.8 Å². The summed E-state index contributed by atoms with van der Waals surface area (Å²) in [6.45, 7) is 0.762. The van der Waals surface area contributed by atoms with Crippen LogP contribution in [0.3, 0.4) is 0 Å². The second kappa shape index (κ2) is 10.3. The van der Waals surface area contributed by atoms with Gasteiger partial charge in [-0.25, -0.2) is 4.98 Å². The third-order valence-electron chi connectivity index (χ3n) is 7.18. The molecule has 188 valence electrons. The molecule has 0 radical (unpaired) electrons. The lowest BCUT2D eigenvalue weighted by Gasteiger charge is -2.22. The molecular weight excluding hydrogens is 465 g/mol. The summed E-state index contributed by atoms with van der Waals surface area (Å²) in [6.07, 6.45) is 4.08. The molecule has 1 fully saturated rings. The maximum atomic E-state index is 13.1. The fraction of sp³-hybridized carbons (Fsp3) is 0.393. The summed E-state index contributed by atoms with van der Waals surface area (Å²) in [5.74, 6) is 1.53. The van der Waals surface area contributed by atoms with E-state index in [9.17, 15) is 18.0 Å². The molecule has 36 heavy (non-hydrogen) atoms. The summed E-state index contributed by atoms with van der Waals surface area (Å²) in [5, 5.41) is 6.75. The molecule has 0 bridgehead atoms. The van der Waals surface area contributed by atoms with E-state index >= 15 is 0 Å². The van der Waals surface area contributed by atoms with Crippen molar-refractivity contribution in [2.75, 3.05) is 17.2 Å². The SMILES string of the molecule is O=CC1Cc2cccc(Nc3cc(-c4ccc(C(F)(F)F)cc4)nc(NCC4CCCCC4)n3)c2C1. The second-order valence-corrected chi connectivity index (χ2v) is 9.79. The standard InChI is InChI=1S/C28H29F3N4O/c29-28(30,31)22-11-9-20(10-12-22)25-15-26(35-27(34-25)32-16-18-5-2-1-3-6-18)33-24-8-4-7-21-13-19(17-36)14-23(21)24/h4,7-12,15,17-19H,1-3,5-6,13-14,16H2,(H2,32,33,34,35). The van der Waals surface area contributed by atoms with E-state index in [0.29, 0.717) is 35.4 Å². The number of rotatable bonds is 7. The van der Waals surface area contributed by atoms with E-state index in [0.717, 1.165) is 48.2 Å². The van der Waals surface area contributed by atoms with Crippen LogP contribution < -0.4 is 10.6 Å². The molecule has 0 amide bonds. The molecule has 2 aromatic carbocycles. The van der Waals surface area contributed by atoms with Gasteiger partial charge in [0.05, 0.1) is 11.3 Å². The van der Waals surface area contributed by atoms with Crippen molar-refractivity contribution < 1.29 is 18.0 Å². The van der Waals surface area contributed by atoms with Gasteiger partial charge in [0, 0.05) is 29.8 Å². The van der Waals surface area contributed by atoms with Gasteiger partial charge in [-0.3, -0.25) is 0 Å². The zero-order valence-corrected chi connectivity index (χ0v) is 19.9. The van der Waals surface area contributed by atoms with Crippen LogP contribution in [0.2, 0.25) is 0 Å². The van der Waals surface area contributed by atoms with Gasteiger partial charge in [0.15, 0.2) is 0 Å². The number of hydrogen-bond donors (Lipinski definition) is 2. The summed E-state index contributed by atoms with van der Waals surface area (Å²) in [6, 6.07) is 12.7. The molecule has 1 heterocycles. The first-order chi connectivity index (χ1) is 17.4. The Morgan fingerprint density at radius 3 is 2.47 bits per heavy atom. The molecule has 1 unspecified atom stereocenters. The Bertz CT molecular complexity index is 1220. The highest BCUT2D eigenvalue weighted by molar-refractivity contribution is 5.71. The molecule has 2 aliphatic rings. The average Bonchev–Trinajstić information content (AvgIpc) is 3.32. The first-order valence-corrected chi connectivity index (χ1v) is 12.5. The molecule has 1 saturated carbocycles. The van der Waals surface area contributed by atoms with E-state index in [4.69, 9.17) is 0 Å². The summed E-state index contributed by atoms with van der Waals surface area (Å²) in [5.41, 5.74) is 3.54. The maximum absolute atomic E-state index is 13.1. The van der Waals surface area contributed by atoms with Crippen LogP contribution in [0.4, 0.5) is 30.6 Å². The number of carbonyl (C=O) groups is 1. The topological polar surface area (TPSA) is 66.9 Å². The molecular formula is C28H29F3N4O. The zero-order valence-electron chi connectivity index (χ0n) is 19.9. The van der Waals surface area contributed by atoms with Gasteiger partial charge in [-0.15, -0.1) is 0 Å². The third kappa shape index (κ3) is 5.53. The Morgan fingerprint density at radius 1 is 0.972 bits per heavy atom. The number of anilines is 3. The fourth-order valence-corrected chi connectivity index (χ4v) is 5.23. The van der Waals surface area contributed by atoms with Crippen LogP contribution in [0, 0.1) is 11.8 Å². The smallest absolute Gasteiger partial charge is 0.354 e. The van der Waals surface area contributed by atoms with E-state index < -0.39 is 11.7 Å². The van der Waals surface area contributed by atoms with Crippen molar-refractivity contribution in [3.8, 4) is 11.3 Å². The number of benzene rings is 2. The minimum Gasteiger partial charge on any atom is -0.354 e. The van der Waals surface area contributed by atoms with E-state index in [2.05, 4.69) is 20.6 Å². The predicted molar refractivity (Wildman–Crippen MR) is 134 cm³/mol. The fourth-order valence-electron chi connectivity index (χ4n) is 5.23. The monoisotopic (exact) mass is 494 g/mol. The molecule has 5 nitrogen and oxygen atoms in total. The molecule has 0 saturated heterocycles.